The van der Waals surface area contributed by atoms with Crippen LogP contribution in [-0.2, 0) is 0 Å². The number of hydrogen-bond acceptors (Lipinski definition) is 1. The fraction of sp³-hybridized carbons (Fsp3) is 0.538. The maximum Gasteiger partial charge on any atom is 0.128 e. The third-order valence-electron chi connectivity index (χ3n) is 3.57. The molecule has 3 heteroatoms. The predicted octanol–water partition coefficient (Wildman–Crippen LogP) is 3.71. The summed E-state index contributed by atoms with van der Waals surface area (Å²) in [7, 11) is 0. The van der Waals surface area contributed by atoms with E-state index in [1.54, 1.807) is 6.07 Å². The van der Waals surface area contributed by atoms with Crippen LogP contribution in [0.5, 0.6) is 0 Å². The molecule has 88 valence electrons. The molecule has 0 amide bonds. The highest BCUT2D eigenvalue weighted by molar-refractivity contribution is 6.30. The topological polar surface area (TPSA) is 26.0 Å². The molecule has 1 aromatic carbocycles. The minimum absolute atomic E-state index is 0.183. The highest BCUT2D eigenvalue weighted by Crippen LogP contribution is 2.38. The third-order valence-corrected chi connectivity index (χ3v) is 3.81. The number of halogens is 2. The van der Waals surface area contributed by atoms with Gasteiger partial charge in [-0.3, -0.25) is 0 Å². The third kappa shape index (κ3) is 2.38. The van der Waals surface area contributed by atoms with Gasteiger partial charge >= 0.3 is 0 Å². The van der Waals surface area contributed by atoms with Crippen molar-refractivity contribution < 1.29 is 4.39 Å². The Morgan fingerprint density at radius 3 is 2.75 bits per heavy atom. The molecule has 0 spiro atoms. The first-order valence-electron chi connectivity index (χ1n) is 5.87. The molecule has 2 unspecified atom stereocenters. The Morgan fingerprint density at radius 1 is 1.31 bits per heavy atom. The van der Waals surface area contributed by atoms with E-state index in [-0.39, 0.29) is 11.7 Å². The van der Waals surface area contributed by atoms with Crippen LogP contribution in [-0.4, -0.2) is 6.54 Å². The highest BCUT2D eigenvalue weighted by Gasteiger charge is 2.27. The fourth-order valence-corrected chi connectivity index (χ4v) is 2.86. The van der Waals surface area contributed by atoms with Gasteiger partial charge in [-0.05, 0) is 48.9 Å². The van der Waals surface area contributed by atoms with Crippen LogP contribution in [0.3, 0.4) is 0 Å². The van der Waals surface area contributed by atoms with Gasteiger partial charge in [0.15, 0.2) is 0 Å². The molecule has 0 saturated heterocycles. The van der Waals surface area contributed by atoms with Crippen molar-refractivity contribution in [1.82, 2.24) is 0 Å². The maximum absolute atomic E-state index is 13.8. The van der Waals surface area contributed by atoms with E-state index in [1.807, 2.05) is 6.07 Å². The van der Waals surface area contributed by atoms with Gasteiger partial charge in [0.05, 0.1) is 0 Å². The molecule has 1 aliphatic rings. The first kappa shape index (κ1) is 11.9. The van der Waals surface area contributed by atoms with Crippen LogP contribution in [0.25, 0.3) is 0 Å². The molecule has 0 heterocycles. The van der Waals surface area contributed by atoms with Gasteiger partial charge in [0.25, 0.3) is 0 Å². The molecule has 0 bridgehead atoms. The Balaban J connectivity index is 2.27. The quantitative estimate of drug-likeness (QED) is 0.839. The van der Waals surface area contributed by atoms with Crippen molar-refractivity contribution >= 4 is 11.6 Å². The fourth-order valence-electron chi connectivity index (χ4n) is 2.70. The van der Waals surface area contributed by atoms with E-state index in [4.69, 9.17) is 17.3 Å². The van der Waals surface area contributed by atoms with Crippen molar-refractivity contribution in [2.24, 2.45) is 11.7 Å². The van der Waals surface area contributed by atoms with Crippen LogP contribution in [0.1, 0.15) is 37.2 Å². The van der Waals surface area contributed by atoms with E-state index >= 15 is 0 Å². The molecule has 1 saturated carbocycles. The zero-order valence-electron chi connectivity index (χ0n) is 9.26. The van der Waals surface area contributed by atoms with Gasteiger partial charge in [-0.25, -0.2) is 4.39 Å². The number of nitrogens with two attached hydrogens (primary N) is 1. The Bertz CT molecular complexity index is 367. The van der Waals surface area contributed by atoms with Gasteiger partial charge in [0, 0.05) is 5.02 Å². The van der Waals surface area contributed by atoms with Gasteiger partial charge in [0.2, 0.25) is 0 Å². The molecule has 1 aromatic rings. The number of benzene rings is 1. The maximum atomic E-state index is 13.8. The second-order valence-corrected chi connectivity index (χ2v) is 4.99. The lowest BCUT2D eigenvalue weighted by atomic mass is 9.75. The van der Waals surface area contributed by atoms with E-state index < -0.39 is 0 Å². The van der Waals surface area contributed by atoms with Crippen molar-refractivity contribution in [2.75, 3.05) is 6.54 Å². The molecular formula is C13H17ClFN. The second-order valence-electron chi connectivity index (χ2n) is 4.55. The summed E-state index contributed by atoms with van der Waals surface area (Å²) in [6, 6.07) is 4.98. The summed E-state index contributed by atoms with van der Waals surface area (Å²) in [5.41, 5.74) is 6.55. The molecule has 1 fully saturated rings. The van der Waals surface area contributed by atoms with E-state index in [2.05, 4.69) is 0 Å². The summed E-state index contributed by atoms with van der Waals surface area (Å²) in [5.74, 6) is 0.512. The average molecular weight is 242 g/mol. The SMILES string of the molecule is NCC1CCCCC1c1ccc(Cl)cc1F. The Kier molecular flexibility index (Phi) is 3.82. The summed E-state index contributed by atoms with van der Waals surface area (Å²) in [6.45, 7) is 0.646. The van der Waals surface area contributed by atoms with Gasteiger partial charge in [-0.15, -0.1) is 0 Å². The van der Waals surface area contributed by atoms with E-state index in [0.717, 1.165) is 18.4 Å². The summed E-state index contributed by atoms with van der Waals surface area (Å²) >= 11 is 5.76. The van der Waals surface area contributed by atoms with Gasteiger partial charge < -0.3 is 5.73 Å². The van der Waals surface area contributed by atoms with Crippen LogP contribution < -0.4 is 5.73 Å². The largest absolute Gasteiger partial charge is 0.330 e. The molecule has 2 N–H and O–H groups in total. The molecule has 1 aliphatic carbocycles. The van der Waals surface area contributed by atoms with Crippen LogP contribution >= 0.6 is 11.6 Å². The summed E-state index contributed by atoms with van der Waals surface area (Å²) in [6.07, 6.45) is 4.54. The van der Waals surface area contributed by atoms with Crippen LogP contribution in [0.2, 0.25) is 5.02 Å². The molecule has 0 aliphatic heterocycles. The molecule has 0 aromatic heterocycles. The standard InChI is InChI=1S/C13H17ClFN/c14-10-5-6-12(13(15)7-10)11-4-2-1-3-9(11)8-16/h5-7,9,11H,1-4,8,16H2. The number of rotatable bonds is 2. The molecular weight excluding hydrogens is 225 g/mol. The monoisotopic (exact) mass is 241 g/mol. The predicted molar refractivity (Wildman–Crippen MR) is 65.2 cm³/mol. The minimum atomic E-state index is -0.183. The first-order chi connectivity index (χ1) is 7.72. The smallest absolute Gasteiger partial charge is 0.128 e. The number of hydrogen-bond donors (Lipinski definition) is 1. The van der Waals surface area contributed by atoms with Crippen molar-refractivity contribution in [3.8, 4) is 0 Å². The molecule has 16 heavy (non-hydrogen) atoms. The molecule has 2 atom stereocenters. The van der Waals surface area contributed by atoms with Gasteiger partial charge in [-0.2, -0.15) is 0 Å². The zero-order valence-corrected chi connectivity index (χ0v) is 10.0. The minimum Gasteiger partial charge on any atom is -0.330 e. The lowest BCUT2D eigenvalue weighted by Crippen LogP contribution is -2.25. The van der Waals surface area contributed by atoms with Crippen LogP contribution in [0.4, 0.5) is 4.39 Å². The Labute approximate surface area is 101 Å². The van der Waals surface area contributed by atoms with Crippen LogP contribution in [0.15, 0.2) is 18.2 Å². The first-order valence-corrected chi connectivity index (χ1v) is 6.25. The van der Waals surface area contributed by atoms with E-state index in [1.165, 1.54) is 18.9 Å². The normalized spacial score (nSPS) is 25.7. The summed E-state index contributed by atoms with van der Waals surface area (Å²) < 4.78 is 13.8. The summed E-state index contributed by atoms with van der Waals surface area (Å²) in [4.78, 5) is 0. The molecule has 0 radical (unpaired) electrons. The highest BCUT2D eigenvalue weighted by atomic mass is 35.5. The lowest BCUT2D eigenvalue weighted by Gasteiger charge is -2.31. The van der Waals surface area contributed by atoms with Gasteiger partial charge in [-0.1, -0.05) is 30.5 Å². The van der Waals surface area contributed by atoms with E-state index in [9.17, 15) is 4.39 Å². The second kappa shape index (κ2) is 5.15. The molecule has 2 rings (SSSR count). The average Bonchev–Trinajstić information content (AvgIpc) is 2.29. The van der Waals surface area contributed by atoms with Crippen molar-refractivity contribution in [3.05, 3.63) is 34.6 Å². The van der Waals surface area contributed by atoms with E-state index in [0.29, 0.717) is 17.5 Å². The van der Waals surface area contributed by atoms with Crippen LogP contribution in [0, 0.1) is 11.7 Å². The van der Waals surface area contributed by atoms with Crippen molar-refractivity contribution in [2.45, 2.75) is 31.6 Å². The molecule has 1 nitrogen and oxygen atoms in total. The Hall–Kier alpha value is -0.600. The summed E-state index contributed by atoms with van der Waals surface area (Å²) in [5, 5.41) is 0.460. The Morgan fingerprint density at radius 2 is 2.06 bits per heavy atom. The van der Waals surface area contributed by atoms with Crippen molar-refractivity contribution in [1.29, 1.82) is 0 Å². The van der Waals surface area contributed by atoms with Gasteiger partial charge in [0.1, 0.15) is 5.82 Å². The van der Waals surface area contributed by atoms with Crippen molar-refractivity contribution in [3.63, 3.8) is 0 Å². The zero-order chi connectivity index (χ0) is 11.5. The lowest BCUT2D eigenvalue weighted by molar-refractivity contribution is 0.308.